The summed E-state index contributed by atoms with van der Waals surface area (Å²) in [7, 11) is 0. The third-order valence-corrected chi connectivity index (χ3v) is 4.28. The molecule has 126 valence electrons. The molecule has 1 N–H and O–H groups in total. The van der Waals surface area contributed by atoms with Gasteiger partial charge >= 0.3 is 0 Å². The van der Waals surface area contributed by atoms with E-state index in [0.29, 0.717) is 17.6 Å². The van der Waals surface area contributed by atoms with E-state index >= 15 is 0 Å². The van der Waals surface area contributed by atoms with Crippen LogP contribution in [0.1, 0.15) is 30.3 Å². The van der Waals surface area contributed by atoms with Crippen molar-refractivity contribution in [2.75, 3.05) is 23.3 Å². The van der Waals surface area contributed by atoms with E-state index in [0.717, 1.165) is 19.5 Å². The van der Waals surface area contributed by atoms with E-state index in [1.807, 2.05) is 0 Å². The molecule has 1 aromatic carbocycles. The summed E-state index contributed by atoms with van der Waals surface area (Å²) >= 11 is 5.73. The van der Waals surface area contributed by atoms with Crippen LogP contribution >= 0.6 is 11.6 Å². The van der Waals surface area contributed by atoms with Gasteiger partial charge in [-0.05, 0) is 43.0 Å². The zero-order valence-electron chi connectivity index (χ0n) is 13.3. The molecule has 0 aliphatic carbocycles. The fraction of sp³-hybridized carbons (Fsp3) is 0.353. The Morgan fingerprint density at radius 1 is 1.42 bits per heavy atom. The van der Waals surface area contributed by atoms with E-state index in [-0.39, 0.29) is 16.6 Å². The molecule has 1 aromatic heterocycles. The Hall–Kier alpha value is -2.21. The van der Waals surface area contributed by atoms with Crippen molar-refractivity contribution in [3.8, 4) is 0 Å². The predicted molar refractivity (Wildman–Crippen MR) is 92.0 cm³/mol. The number of benzene rings is 1. The van der Waals surface area contributed by atoms with Crippen LogP contribution in [-0.2, 0) is 0 Å². The second-order valence-corrected chi connectivity index (χ2v) is 6.43. The average molecular weight is 349 g/mol. The van der Waals surface area contributed by atoms with Crippen molar-refractivity contribution in [3.63, 3.8) is 0 Å². The maximum absolute atomic E-state index is 13.2. The van der Waals surface area contributed by atoms with Gasteiger partial charge in [-0.15, -0.1) is 0 Å². The summed E-state index contributed by atoms with van der Waals surface area (Å²) in [5.74, 6) is 0.233. The van der Waals surface area contributed by atoms with Gasteiger partial charge in [-0.1, -0.05) is 18.5 Å². The SMILES string of the molecule is CC1CCCN(c2nccc(C(=O)Nc3ccc(F)c(Cl)c3)n2)C1. The van der Waals surface area contributed by atoms with Gasteiger partial charge in [-0.2, -0.15) is 0 Å². The summed E-state index contributed by atoms with van der Waals surface area (Å²) in [6.45, 7) is 3.97. The van der Waals surface area contributed by atoms with Crippen molar-refractivity contribution >= 4 is 29.1 Å². The van der Waals surface area contributed by atoms with Crippen molar-refractivity contribution in [1.29, 1.82) is 0 Å². The van der Waals surface area contributed by atoms with Crippen LogP contribution in [0.4, 0.5) is 16.0 Å². The molecular formula is C17H18ClFN4O. The van der Waals surface area contributed by atoms with Gasteiger partial charge in [-0.25, -0.2) is 14.4 Å². The van der Waals surface area contributed by atoms with E-state index < -0.39 is 5.82 Å². The van der Waals surface area contributed by atoms with Crippen molar-refractivity contribution in [3.05, 3.63) is 47.0 Å². The number of aromatic nitrogens is 2. The number of halogens is 2. The number of amides is 1. The van der Waals surface area contributed by atoms with Gasteiger partial charge < -0.3 is 10.2 Å². The zero-order valence-corrected chi connectivity index (χ0v) is 14.1. The van der Waals surface area contributed by atoms with Crippen LogP contribution in [0.5, 0.6) is 0 Å². The van der Waals surface area contributed by atoms with E-state index in [9.17, 15) is 9.18 Å². The van der Waals surface area contributed by atoms with Crippen molar-refractivity contribution in [2.24, 2.45) is 5.92 Å². The molecule has 0 spiro atoms. The molecule has 1 fully saturated rings. The van der Waals surface area contributed by atoms with Crippen LogP contribution in [0, 0.1) is 11.7 Å². The summed E-state index contributed by atoms with van der Waals surface area (Å²) in [5, 5.41) is 2.62. The molecule has 1 aliphatic heterocycles. The highest BCUT2D eigenvalue weighted by molar-refractivity contribution is 6.31. The number of piperidine rings is 1. The molecule has 0 radical (unpaired) electrons. The highest BCUT2D eigenvalue weighted by Crippen LogP contribution is 2.21. The van der Waals surface area contributed by atoms with Gasteiger partial charge in [-0.3, -0.25) is 4.79 Å². The van der Waals surface area contributed by atoms with Crippen molar-refractivity contribution in [2.45, 2.75) is 19.8 Å². The molecule has 1 unspecified atom stereocenters. The van der Waals surface area contributed by atoms with Gasteiger partial charge in [0.05, 0.1) is 5.02 Å². The smallest absolute Gasteiger partial charge is 0.274 e. The van der Waals surface area contributed by atoms with Crippen LogP contribution in [-0.4, -0.2) is 29.0 Å². The standard InChI is InChI=1S/C17H18ClFN4O/c1-11-3-2-8-23(10-11)17-20-7-6-15(22-17)16(24)21-12-4-5-14(19)13(18)9-12/h4-7,9,11H,2-3,8,10H2,1H3,(H,21,24). The lowest BCUT2D eigenvalue weighted by Crippen LogP contribution is -2.35. The molecule has 2 aromatic rings. The van der Waals surface area contributed by atoms with E-state index in [2.05, 4.69) is 27.1 Å². The number of rotatable bonds is 3. The molecule has 3 rings (SSSR count). The lowest BCUT2D eigenvalue weighted by atomic mass is 10.0. The Morgan fingerprint density at radius 3 is 3.00 bits per heavy atom. The Labute approximate surface area is 144 Å². The van der Waals surface area contributed by atoms with Gasteiger partial charge in [0.25, 0.3) is 5.91 Å². The van der Waals surface area contributed by atoms with Gasteiger partial charge in [0, 0.05) is 25.0 Å². The number of hydrogen-bond acceptors (Lipinski definition) is 4. The Bertz CT molecular complexity index is 755. The molecule has 5 nitrogen and oxygen atoms in total. The number of carbonyl (C=O) groups excluding carboxylic acids is 1. The first-order valence-corrected chi connectivity index (χ1v) is 8.25. The van der Waals surface area contributed by atoms with Crippen LogP contribution in [0.2, 0.25) is 5.02 Å². The fourth-order valence-electron chi connectivity index (χ4n) is 2.77. The van der Waals surface area contributed by atoms with Gasteiger partial charge in [0.2, 0.25) is 5.95 Å². The summed E-state index contributed by atoms with van der Waals surface area (Å²) < 4.78 is 13.2. The van der Waals surface area contributed by atoms with Crippen LogP contribution < -0.4 is 10.2 Å². The Kier molecular flexibility index (Phi) is 4.94. The summed E-state index contributed by atoms with van der Waals surface area (Å²) in [4.78, 5) is 23.1. The van der Waals surface area contributed by atoms with Crippen LogP contribution in [0.25, 0.3) is 0 Å². The topological polar surface area (TPSA) is 58.1 Å². The fourth-order valence-corrected chi connectivity index (χ4v) is 2.95. The quantitative estimate of drug-likeness (QED) is 0.917. The molecular weight excluding hydrogens is 331 g/mol. The summed E-state index contributed by atoms with van der Waals surface area (Å²) in [6, 6.07) is 5.58. The first-order chi connectivity index (χ1) is 11.5. The maximum atomic E-state index is 13.2. The normalized spacial score (nSPS) is 17.6. The van der Waals surface area contributed by atoms with Crippen molar-refractivity contribution in [1.82, 2.24) is 9.97 Å². The predicted octanol–water partition coefficient (Wildman–Crippen LogP) is 3.76. The highest BCUT2D eigenvalue weighted by Gasteiger charge is 2.20. The number of carbonyl (C=O) groups is 1. The molecule has 1 amide bonds. The number of anilines is 2. The third-order valence-electron chi connectivity index (χ3n) is 3.99. The molecule has 0 bridgehead atoms. The van der Waals surface area contributed by atoms with E-state index in [4.69, 9.17) is 11.6 Å². The first kappa shape index (κ1) is 16.6. The molecule has 24 heavy (non-hydrogen) atoms. The maximum Gasteiger partial charge on any atom is 0.274 e. The van der Waals surface area contributed by atoms with Crippen LogP contribution in [0.15, 0.2) is 30.5 Å². The Morgan fingerprint density at radius 2 is 2.25 bits per heavy atom. The monoisotopic (exact) mass is 348 g/mol. The minimum absolute atomic E-state index is 0.0431. The first-order valence-electron chi connectivity index (χ1n) is 7.87. The minimum atomic E-state index is -0.529. The van der Waals surface area contributed by atoms with Gasteiger partial charge in [0.1, 0.15) is 11.5 Å². The highest BCUT2D eigenvalue weighted by atomic mass is 35.5. The molecule has 1 aliphatic rings. The summed E-state index contributed by atoms with van der Waals surface area (Å²) in [5.41, 5.74) is 0.678. The largest absolute Gasteiger partial charge is 0.341 e. The lowest BCUT2D eigenvalue weighted by molar-refractivity contribution is 0.102. The molecule has 0 saturated carbocycles. The molecule has 7 heteroatoms. The number of nitrogens with zero attached hydrogens (tertiary/aromatic N) is 3. The molecule has 1 atom stereocenters. The summed E-state index contributed by atoms with van der Waals surface area (Å²) in [6.07, 6.45) is 3.87. The zero-order chi connectivity index (χ0) is 17.1. The number of hydrogen-bond donors (Lipinski definition) is 1. The molecule has 1 saturated heterocycles. The van der Waals surface area contributed by atoms with Crippen molar-refractivity contribution < 1.29 is 9.18 Å². The van der Waals surface area contributed by atoms with Crippen LogP contribution in [0.3, 0.4) is 0 Å². The lowest BCUT2D eigenvalue weighted by Gasteiger charge is -2.30. The van der Waals surface area contributed by atoms with E-state index in [1.54, 1.807) is 12.3 Å². The second kappa shape index (κ2) is 7.13. The average Bonchev–Trinajstić information content (AvgIpc) is 2.58. The second-order valence-electron chi connectivity index (χ2n) is 6.02. The Balaban J connectivity index is 1.75. The molecule has 2 heterocycles. The van der Waals surface area contributed by atoms with Gasteiger partial charge in [0.15, 0.2) is 0 Å². The third kappa shape index (κ3) is 3.82. The number of nitrogens with one attached hydrogen (secondary N) is 1. The van der Waals surface area contributed by atoms with E-state index in [1.165, 1.54) is 24.6 Å². The minimum Gasteiger partial charge on any atom is -0.341 e.